The first-order chi connectivity index (χ1) is 24.7. The Morgan fingerprint density at radius 1 is 0.673 bits per heavy atom. The minimum Gasteiger partial charge on any atom is -0.394 e. The van der Waals surface area contributed by atoms with E-state index in [0.29, 0.717) is 41.4 Å². The Morgan fingerprint density at radius 3 is 2.06 bits per heavy atom. The van der Waals surface area contributed by atoms with Gasteiger partial charge in [0.15, 0.2) is 18.4 Å². The SMILES string of the molecule is C[C@@H]1CC[C@@]2(OC1)O[C@H]1C[C@@H]3[C@@H]4CC[C@@H]5C[C@H](O[C@@H]6O[C@H](CO)[C@@H](O)[C@H](O)[C@H]6O[C@@H]6O[C@H](CO)[C@@H](O)[C@H](O)[C@H]6O)CC[C@@]5(C)[C@H]4CC[C@@]3(C)[C@H]1[C@@H]2C. The van der Waals surface area contributed by atoms with E-state index < -0.39 is 80.4 Å². The lowest BCUT2D eigenvalue weighted by atomic mass is 9.44. The van der Waals surface area contributed by atoms with Crippen molar-refractivity contribution in [3.05, 3.63) is 0 Å². The summed E-state index contributed by atoms with van der Waals surface area (Å²) in [6, 6.07) is 0. The maximum Gasteiger partial charge on any atom is 0.187 e. The molecule has 13 nitrogen and oxygen atoms in total. The van der Waals surface area contributed by atoms with Crippen molar-refractivity contribution in [2.24, 2.45) is 52.3 Å². The molecule has 0 aromatic rings. The fraction of sp³-hybridized carbons (Fsp3) is 1.00. The van der Waals surface area contributed by atoms with Gasteiger partial charge in [-0.15, -0.1) is 0 Å². The van der Waals surface area contributed by atoms with Crippen LogP contribution in [-0.4, -0.2) is 135 Å². The molecule has 0 bridgehead atoms. The molecule has 0 aromatic heterocycles. The van der Waals surface area contributed by atoms with Gasteiger partial charge in [0.05, 0.1) is 32.0 Å². The van der Waals surface area contributed by atoms with Gasteiger partial charge in [0.1, 0.15) is 48.8 Å². The highest BCUT2D eigenvalue weighted by molar-refractivity contribution is 5.15. The molecule has 4 aliphatic heterocycles. The molecular weight excluding hydrogens is 676 g/mol. The number of aliphatic hydroxyl groups excluding tert-OH is 7. The molecule has 4 saturated heterocycles. The molecule has 13 heteroatoms. The molecule has 22 atom stereocenters. The van der Waals surface area contributed by atoms with Crippen LogP contribution in [0.15, 0.2) is 0 Å². The molecule has 8 rings (SSSR count). The van der Waals surface area contributed by atoms with Crippen molar-refractivity contribution in [3.8, 4) is 0 Å². The summed E-state index contributed by atoms with van der Waals surface area (Å²) in [7, 11) is 0. The van der Waals surface area contributed by atoms with Crippen LogP contribution in [0.25, 0.3) is 0 Å². The minimum absolute atomic E-state index is 0.168. The second kappa shape index (κ2) is 14.1. The van der Waals surface area contributed by atoms with Crippen molar-refractivity contribution in [1.29, 1.82) is 0 Å². The van der Waals surface area contributed by atoms with Gasteiger partial charge in [-0.25, -0.2) is 0 Å². The Hall–Kier alpha value is -0.520. The van der Waals surface area contributed by atoms with Gasteiger partial charge < -0.3 is 64.2 Å². The normalized spacial score (nSPS) is 59.0. The number of aliphatic hydroxyl groups is 7. The van der Waals surface area contributed by atoms with Crippen LogP contribution in [0.2, 0.25) is 0 Å². The first-order valence-corrected chi connectivity index (χ1v) is 20.3. The highest BCUT2D eigenvalue weighted by Crippen LogP contribution is 2.71. The zero-order valence-corrected chi connectivity index (χ0v) is 31.2. The summed E-state index contributed by atoms with van der Waals surface area (Å²) in [5.41, 5.74) is 0.425. The molecule has 1 spiro atoms. The van der Waals surface area contributed by atoms with E-state index in [0.717, 1.165) is 45.1 Å². The molecular formula is C39H64O13. The smallest absolute Gasteiger partial charge is 0.187 e. The summed E-state index contributed by atoms with van der Waals surface area (Å²) in [5.74, 6) is 3.51. The second-order valence-corrected chi connectivity index (χ2v) is 18.7. The van der Waals surface area contributed by atoms with Gasteiger partial charge in [0.2, 0.25) is 0 Å². The third kappa shape index (κ3) is 5.98. The standard InChI is InChI=1S/C39H64O13/c1-18-7-12-39(47-17-18)19(2)28-25(52-39)14-24-22-6-5-20-13-21(8-10-37(20,3)23(22)9-11-38(24,28)4)48-36-34(32(45)30(43)27(16-41)50-36)51-35-33(46)31(44)29(42)26(15-40)49-35/h18-36,40-46H,5-17H2,1-4H3/t18-,19+,20-,21-,22-,23+,24-,25+,26-,27-,28+,29-,30-,31+,32+,33-,34-,35+,36-,37-,38-,39-/m1/s1. The van der Waals surface area contributed by atoms with Crippen LogP contribution in [0.1, 0.15) is 91.9 Å². The number of hydrogen-bond donors (Lipinski definition) is 7. The van der Waals surface area contributed by atoms with Gasteiger partial charge >= 0.3 is 0 Å². The fourth-order valence-electron chi connectivity index (χ4n) is 13.2. The molecule has 4 aliphatic carbocycles. The summed E-state index contributed by atoms with van der Waals surface area (Å²) in [4.78, 5) is 0. The molecule has 0 unspecified atom stereocenters. The molecule has 7 N–H and O–H groups in total. The Labute approximate surface area is 307 Å². The van der Waals surface area contributed by atoms with Crippen LogP contribution in [-0.2, 0) is 28.4 Å². The van der Waals surface area contributed by atoms with Crippen LogP contribution < -0.4 is 0 Å². The number of rotatable bonds is 6. The minimum atomic E-state index is -1.71. The first kappa shape index (κ1) is 38.4. The highest BCUT2D eigenvalue weighted by atomic mass is 16.8. The van der Waals surface area contributed by atoms with Crippen molar-refractivity contribution < 1.29 is 64.2 Å². The lowest BCUT2D eigenvalue weighted by Gasteiger charge is -2.61. The Bertz CT molecular complexity index is 1260. The quantitative estimate of drug-likeness (QED) is 0.194. The van der Waals surface area contributed by atoms with Crippen LogP contribution in [0.3, 0.4) is 0 Å². The van der Waals surface area contributed by atoms with E-state index in [4.69, 9.17) is 28.4 Å². The predicted octanol–water partition coefficient (Wildman–Crippen LogP) is 1.44. The zero-order valence-electron chi connectivity index (χ0n) is 31.2. The van der Waals surface area contributed by atoms with Gasteiger partial charge in [-0.2, -0.15) is 0 Å². The molecule has 52 heavy (non-hydrogen) atoms. The first-order valence-electron chi connectivity index (χ1n) is 20.3. The summed E-state index contributed by atoms with van der Waals surface area (Å²) < 4.78 is 37.5. The van der Waals surface area contributed by atoms with Gasteiger partial charge in [-0.3, -0.25) is 0 Å². The van der Waals surface area contributed by atoms with Crippen molar-refractivity contribution in [3.63, 3.8) is 0 Å². The lowest BCUT2D eigenvalue weighted by Crippen LogP contribution is -2.65. The van der Waals surface area contributed by atoms with E-state index in [-0.39, 0.29) is 23.0 Å². The van der Waals surface area contributed by atoms with Crippen LogP contribution >= 0.6 is 0 Å². The molecule has 4 heterocycles. The predicted molar refractivity (Wildman–Crippen MR) is 183 cm³/mol. The van der Waals surface area contributed by atoms with Gasteiger partial charge in [0.25, 0.3) is 0 Å². The Kier molecular flexibility index (Phi) is 10.4. The number of hydrogen-bond acceptors (Lipinski definition) is 13. The Morgan fingerprint density at radius 2 is 1.37 bits per heavy atom. The van der Waals surface area contributed by atoms with Gasteiger partial charge in [-0.1, -0.05) is 27.7 Å². The summed E-state index contributed by atoms with van der Waals surface area (Å²) >= 11 is 0. The summed E-state index contributed by atoms with van der Waals surface area (Å²) in [5, 5.41) is 72.7. The molecule has 0 amide bonds. The molecule has 0 aromatic carbocycles. The van der Waals surface area contributed by atoms with E-state index in [1.165, 1.54) is 25.7 Å². The highest BCUT2D eigenvalue weighted by Gasteiger charge is 2.69. The van der Waals surface area contributed by atoms with E-state index in [2.05, 4.69) is 27.7 Å². The third-order valence-electron chi connectivity index (χ3n) is 16.2. The van der Waals surface area contributed by atoms with E-state index in [9.17, 15) is 35.7 Å². The van der Waals surface area contributed by atoms with Crippen molar-refractivity contribution >= 4 is 0 Å². The molecule has 0 radical (unpaired) electrons. The van der Waals surface area contributed by atoms with Crippen LogP contribution in [0.4, 0.5) is 0 Å². The fourth-order valence-corrected chi connectivity index (χ4v) is 13.2. The topological polar surface area (TPSA) is 197 Å². The summed E-state index contributed by atoms with van der Waals surface area (Å²) in [6.45, 7) is 9.33. The van der Waals surface area contributed by atoms with Crippen LogP contribution in [0, 0.1) is 52.3 Å². The average molecular weight is 741 g/mol. The number of ether oxygens (including phenoxy) is 6. The van der Waals surface area contributed by atoms with Crippen molar-refractivity contribution in [2.45, 2.75) is 171 Å². The van der Waals surface area contributed by atoms with E-state index in [1.807, 2.05) is 0 Å². The molecule has 298 valence electrons. The van der Waals surface area contributed by atoms with Crippen molar-refractivity contribution in [2.75, 3.05) is 19.8 Å². The monoisotopic (exact) mass is 740 g/mol. The summed E-state index contributed by atoms with van der Waals surface area (Å²) in [6.07, 6.45) is -3.88. The Balaban J connectivity index is 0.942. The largest absolute Gasteiger partial charge is 0.394 e. The van der Waals surface area contributed by atoms with E-state index >= 15 is 0 Å². The van der Waals surface area contributed by atoms with Gasteiger partial charge in [-0.05, 0) is 104 Å². The zero-order chi connectivity index (χ0) is 36.9. The van der Waals surface area contributed by atoms with Gasteiger partial charge in [0, 0.05) is 12.3 Å². The molecule has 8 aliphatic rings. The lowest BCUT2D eigenvalue weighted by molar-refractivity contribution is -0.373. The van der Waals surface area contributed by atoms with Crippen molar-refractivity contribution in [1.82, 2.24) is 0 Å². The van der Waals surface area contributed by atoms with Crippen LogP contribution in [0.5, 0.6) is 0 Å². The number of fused-ring (bicyclic) bond motifs is 7. The maximum atomic E-state index is 11.1. The molecule has 8 fully saturated rings. The van der Waals surface area contributed by atoms with E-state index in [1.54, 1.807) is 0 Å². The average Bonchev–Trinajstić information content (AvgIpc) is 3.58. The second-order valence-electron chi connectivity index (χ2n) is 18.7. The third-order valence-corrected chi connectivity index (χ3v) is 16.2. The maximum absolute atomic E-state index is 11.1. The molecule has 4 saturated carbocycles.